The number of hydrogen-bond acceptors (Lipinski definition) is 4. The number of nitrogens with one attached hydrogen (secondary N) is 1. The molecule has 1 aromatic carbocycles. The standard InChI is InChI=1S/C19H19FN6O/c20-15-5-1-4-14(10-15)11-17-6-2-9-25(17)19(27)24-16-12-23-26(13-16)18-21-7-3-8-22-18/h1,3-5,7-8,10,12-13,17H,2,6,9,11H2,(H,24,27). The lowest BCUT2D eigenvalue weighted by Gasteiger charge is -2.24. The number of benzene rings is 1. The van der Waals surface area contributed by atoms with Crippen LogP contribution in [0, 0.1) is 5.82 Å². The van der Waals surface area contributed by atoms with Gasteiger partial charge in [-0.15, -0.1) is 0 Å². The first-order valence-electron chi connectivity index (χ1n) is 8.83. The molecule has 1 aliphatic rings. The molecule has 27 heavy (non-hydrogen) atoms. The lowest BCUT2D eigenvalue weighted by atomic mass is 10.0. The molecule has 2 aromatic heterocycles. The molecule has 2 amide bonds. The van der Waals surface area contributed by atoms with E-state index in [1.165, 1.54) is 16.8 Å². The van der Waals surface area contributed by atoms with Crippen molar-refractivity contribution in [2.24, 2.45) is 0 Å². The molecular weight excluding hydrogens is 347 g/mol. The maximum atomic E-state index is 13.4. The Balaban J connectivity index is 1.42. The van der Waals surface area contributed by atoms with Gasteiger partial charge in [0.05, 0.1) is 18.1 Å². The summed E-state index contributed by atoms with van der Waals surface area (Å²) in [4.78, 5) is 22.7. The van der Waals surface area contributed by atoms with Crippen LogP contribution in [0.3, 0.4) is 0 Å². The van der Waals surface area contributed by atoms with E-state index in [-0.39, 0.29) is 17.9 Å². The summed E-state index contributed by atoms with van der Waals surface area (Å²) in [6.07, 6.45) is 8.97. The number of hydrogen-bond donors (Lipinski definition) is 1. The van der Waals surface area contributed by atoms with Gasteiger partial charge in [-0.2, -0.15) is 5.10 Å². The largest absolute Gasteiger partial charge is 0.322 e. The van der Waals surface area contributed by atoms with Gasteiger partial charge in [0.25, 0.3) is 0 Å². The maximum absolute atomic E-state index is 13.4. The molecule has 3 aromatic rings. The number of carbonyl (C=O) groups excluding carboxylic acids is 1. The highest BCUT2D eigenvalue weighted by Gasteiger charge is 2.29. The van der Waals surface area contributed by atoms with Crippen molar-refractivity contribution in [3.05, 3.63) is 66.5 Å². The van der Waals surface area contributed by atoms with Gasteiger partial charge in [0.1, 0.15) is 5.82 Å². The quantitative estimate of drug-likeness (QED) is 0.770. The van der Waals surface area contributed by atoms with Gasteiger partial charge >= 0.3 is 6.03 Å². The molecule has 1 unspecified atom stereocenters. The van der Waals surface area contributed by atoms with Gasteiger partial charge in [0.2, 0.25) is 5.95 Å². The predicted molar refractivity (Wildman–Crippen MR) is 98.0 cm³/mol. The second-order valence-electron chi connectivity index (χ2n) is 6.48. The zero-order chi connectivity index (χ0) is 18.6. The third-order valence-electron chi connectivity index (χ3n) is 4.59. The van der Waals surface area contributed by atoms with Crippen LogP contribution in [0.5, 0.6) is 0 Å². The SMILES string of the molecule is O=C(Nc1cnn(-c2ncccn2)c1)N1CCCC1Cc1cccc(F)c1. The van der Waals surface area contributed by atoms with Gasteiger partial charge in [-0.25, -0.2) is 23.8 Å². The molecule has 1 fully saturated rings. The number of aromatic nitrogens is 4. The summed E-state index contributed by atoms with van der Waals surface area (Å²) in [5.41, 5.74) is 1.47. The molecular formula is C19H19FN6O. The lowest BCUT2D eigenvalue weighted by Crippen LogP contribution is -2.39. The molecule has 1 saturated heterocycles. The molecule has 0 bridgehead atoms. The summed E-state index contributed by atoms with van der Waals surface area (Å²) >= 11 is 0. The van der Waals surface area contributed by atoms with Crippen molar-refractivity contribution >= 4 is 11.7 Å². The minimum absolute atomic E-state index is 0.0549. The summed E-state index contributed by atoms with van der Waals surface area (Å²) in [6, 6.07) is 8.14. The minimum Gasteiger partial charge on any atom is -0.321 e. The monoisotopic (exact) mass is 366 g/mol. The van der Waals surface area contributed by atoms with Crippen LogP contribution in [-0.2, 0) is 6.42 Å². The maximum Gasteiger partial charge on any atom is 0.322 e. The van der Waals surface area contributed by atoms with Gasteiger partial charge in [0, 0.05) is 25.0 Å². The van der Waals surface area contributed by atoms with E-state index in [9.17, 15) is 9.18 Å². The minimum atomic E-state index is -0.253. The van der Waals surface area contributed by atoms with Crippen LogP contribution < -0.4 is 5.32 Å². The van der Waals surface area contributed by atoms with E-state index >= 15 is 0 Å². The van der Waals surface area contributed by atoms with Crippen LogP contribution >= 0.6 is 0 Å². The van der Waals surface area contributed by atoms with E-state index in [0.717, 1.165) is 18.4 Å². The highest BCUT2D eigenvalue weighted by molar-refractivity contribution is 5.89. The second kappa shape index (κ2) is 7.53. The highest BCUT2D eigenvalue weighted by Crippen LogP contribution is 2.23. The number of rotatable bonds is 4. The molecule has 0 radical (unpaired) electrons. The summed E-state index contributed by atoms with van der Waals surface area (Å²) in [7, 11) is 0. The van der Waals surface area contributed by atoms with Crippen molar-refractivity contribution < 1.29 is 9.18 Å². The molecule has 1 aliphatic heterocycles. The summed E-state index contributed by atoms with van der Waals surface area (Å²) in [6.45, 7) is 0.682. The number of halogens is 1. The lowest BCUT2D eigenvalue weighted by molar-refractivity contribution is 0.206. The number of urea groups is 1. The third-order valence-corrected chi connectivity index (χ3v) is 4.59. The molecule has 0 spiro atoms. The Bertz CT molecular complexity index is 929. The summed E-state index contributed by atoms with van der Waals surface area (Å²) in [5, 5.41) is 7.05. The van der Waals surface area contributed by atoms with Crippen molar-refractivity contribution in [2.75, 3.05) is 11.9 Å². The van der Waals surface area contributed by atoms with Crippen LogP contribution in [0.2, 0.25) is 0 Å². The van der Waals surface area contributed by atoms with Crippen molar-refractivity contribution in [3.63, 3.8) is 0 Å². The number of anilines is 1. The van der Waals surface area contributed by atoms with E-state index in [4.69, 9.17) is 0 Å². The molecule has 1 atom stereocenters. The molecule has 0 saturated carbocycles. The van der Waals surface area contributed by atoms with Crippen LogP contribution in [-0.4, -0.2) is 43.3 Å². The van der Waals surface area contributed by atoms with E-state index in [2.05, 4.69) is 20.4 Å². The van der Waals surface area contributed by atoms with E-state index in [0.29, 0.717) is 24.6 Å². The van der Waals surface area contributed by atoms with Gasteiger partial charge < -0.3 is 10.2 Å². The molecule has 0 aliphatic carbocycles. The third kappa shape index (κ3) is 3.94. The Morgan fingerprint density at radius 3 is 2.93 bits per heavy atom. The fraction of sp³-hybridized carbons (Fsp3) is 0.263. The summed E-state index contributed by atoms with van der Waals surface area (Å²) < 4.78 is 14.9. The van der Waals surface area contributed by atoms with Crippen molar-refractivity contribution in [2.45, 2.75) is 25.3 Å². The Kier molecular flexibility index (Phi) is 4.78. The average molecular weight is 366 g/mol. The number of likely N-dealkylation sites (tertiary alicyclic amines) is 1. The number of carbonyl (C=O) groups is 1. The smallest absolute Gasteiger partial charge is 0.321 e. The normalized spacial score (nSPS) is 16.5. The molecule has 4 rings (SSSR count). The van der Waals surface area contributed by atoms with Crippen molar-refractivity contribution in [1.29, 1.82) is 0 Å². The van der Waals surface area contributed by atoms with E-state index < -0.39 is 0 Å². The summed E-state index contributed by atoms with van der Waals surface area (Å²) in [5.74, 6) is 0.181. The second-order valence-corrected chi connectivity index (χ2v) is 6.48. The van der Waals surface area contributed by atoms with Crippen LogP contribution in [0.4, 0.5) is 14.9 Å². The fourth-order valence-electron chi connectivity index (χ4n) is 3.35. The molecule has 8 heteroatoms. The van der Waals surface area contributed by atoms with Crippen molar-refractivity contribution in [1.82, 2.24) is 24.6 Å². The van der Waals surface area contributed by atoms with Crippen LogP contribution in [0.15, 0.2) is 55.1 Å². The van der Waals surface area contributed by atoms with E-state index in [1.54, 1.807) is 41.8 Å². The predicted octanol–water partition coefficient (Wildman–Crippen LogP) is 3.04. The molecule has 3 heterocycles. The molecule has 1 N–H and O–H groups in total. The van der Waals surface area contributed by atoms with Crippen LogP contribution in [0.1, 0.15) is 18.4 Å². The molecule has 7 nitrogen and oxygen atoms in total. The Labute approximate surface area is 155 Å². The zero-order valence-corrected chi connectivity index (χ0v) is 14.6. The van der Waals surface area contributed by atoms with Gasteiger partial charge in [-0.1, -0.05) is 12.1 Å². The number of amides is 2. The average Bonchev–Trinajstić information content (AvgIpc) is 3.32. The van der Waals surface area contributed by atoms with Crippen molar-refractivity contribution in [3.8, 4) is 5.95 Å². The molecule has 138 valence electrons. The first-order valence-corrected chi connectivity index (χ1v) is 8.83. The van der Waals surface area contributed by atoms with Gasteiger partial charge in [-0.3, -0.25) is 0 Å². The Morgan fingerprint density at radius 2 is 2.11 bits per heavy atom. The van der Waals surface area contributed by atoms with Gasteiger partial charge in [0.15, 0.2) is 0 Å². The Hall–Kier alpha value is -3.29. The van der Waals surface area contributed by atoms with Crippen LogP contribution in [0.25, 0.3) is 5.95 Å². The zero-order valence-electron chi connectivity index (χ0n) is 14.6. The first-order chi connectivity index (χ1) is 13.2. The topological polar surface area (TPSA) is 75.9 Å². The Morgan fingerprint density at radius 1 is 1.26 bits per heavy atom. The fourth-order valence-corrected chi connectivity index (χ4v) is 3.35. The highest BCUT2D eigenvalue weighted by atomic mass is 19.1. The number of nitrogens with zero attached hydrogens (tertiary/aromatic N) is 5. The first kappa shape index (κ1) is 17.1. The van der Waals surface area contributed by atoms with E-state index in [1.807, 2.05) is 6.07 Å². The van der Waals surface area contributed by atoms with Gasteiger partial charge in [-0.05, 0) is 43.0 Å².